The Balaban J connectivity index is 1.81. The van der Waals surface area contributed by atoms with Crippen molar-refractivity contribution in [3.05, 3.63) is 69.5 Å². The lowest BCUT2D eigenvalue weighted by molar-refractivity contribution is 0.0936. The van der Waals surface area contributed by atoms with Gasteiger partial charge >= 0.3 is 6.03 Å². The van der Waals surface area contributed by atoms with Crippen molar-refractivity contribution < 1.29 is 14.0 Å². The van der Waals surface area contributed by atoms with E-state index in [-0.39, 0.29) is 12.1 Å². The molecule has 2 rings (SSSR count). The third-order valence-corrected chi connectivity index (χ3v) is 3.44. The van der Waals surface area contributed by atoms with E-state index in [1.807, 2.05) is 0 Å². The fourth-order valence-electron chi connectivity index (χ4n) is 1.67. The molecule has 8 heteroatoms. The summed E-state index contributed by atoms with van der Waals surface area (Å²) >= 11 is 11.8. The van der Waals surface area contributed by atoms with Crippen molar-refractivity contribution in [1.29, 1.82) is 0 Å². The van der Waals surface area contributed by atoms with E-state index in [0.717, 1.165) is 12.1 Å². The molecule has 0 saturated carbocycles. The van der Waals surface area contributed by atoms with Crippen LogP contribution in [0.15, 0.2) is 42.5 Å². The number of hydrogen-bond donors (Lipinski definition) is 3. The molecule has 0 fully saturated rings. The first-order chi connectivity index (χ1) is 11.0. The fraction of sp³-hybridized carbons (Fsp3) is 0.0667. The first-order valence-electron chi connectivity index (χ1n) is 6.49. The van der Waals surface area contributed by atoms with E-state index in [1.54, 1.807) is 18.2 Å². The zero-order valence-electron chi connectivity index (χ0n) is 11.7. The highest BCUT2D eigenvalue weighted by atomic mass is 35.5. The van der Waals surface area contributed by atoms with Crippen LogP contribution >= 0.6 is 23.2 Å². The van der Waals surface area contributed by atoms with Gasteiger partial charge in [-0.05, 0) is 42.0 Å². The van der Waals surface area contributed by atoms with Crippen molar-refractivity contribution in [1.82, 2.24) is 16.2 Å². The zero-order valence-corrected chi connectivity index (χ0v) is 13.2. The minimum atomic E-state index is -0.619. The minimum Gasteiger partial charge on any atom is -0.333 e. The number of carbonyl (C=O) groups excluding carboxylic acids is 2. The van der Waals surface area contributed by atoms with Crippen molar-refractivity contribution in [2.24, 2.45) is 0 Å². The fourth-order valence-corrected chi connectivity index (χ4v) is 2.15. The predicted octanol–water partition coefficient (Wildman–Crippen LogP) is 3.28. The van der Waals surface area contributed by atoms with Crippen LogP contribution in [0.1, 0.15) is 15.9 Å². The Bertz CT molecular complexity index is 723. The van der Waals surface area contributed by atoms with Gasteiger partial charge in [0.15, 0.2) is 0 Å². The number of benzene rings is 2. The van der Waals surface area contributed by atoms with Gasteiger partial charge in [-0.3, -0.25) is 10.2 Å². The van der Waals surface area contributed by atoms with Crippen LogP contribution in [0.25, 0.3) is 0 Å². The number of rotatable bonds is 3. The largest absolute Gasteiger partial charge is 0.333 e. The van der Waals surface area contributed by atoms with Gasteiger partial charge in [-0.15, -0.1) is 0 Å². The van der Waals surface area contributed by atoms with Crippen LogP contribution in [-0.2, 0) is 6.54 Å². The summed E-state index contributed by atoms with van der Waals surface area (Å²) in [6.45, 7) is 0.161. The lowest BCUT2D eigenvalue weighted by atomic mass is 10.2. The van der Waals surface area contributed by atoms with E-state index in [0.29, 0.717) is 15.6 Å². The van der Waals surface area contributed by atoms with Gasteiger partial charge in [-0.25, -0.2) is 14.6 Å². The highest BCUT2D eigenvalue weighted by Gasteiger charge is 2.08. The van der Waals surface area contributed by atoms with Crippen LogP contribution in [0.3, 0.4) is 0 Å². The summed E-state index contributed by atoms with van der Waals surface area (Å²) in [5.74, 6) is -1.02. The summed E-state index contributed by atoms with van der Waals surface area (Å²) in [7, 11) is 0. The average molecular weight is 356 g/mol. The topological polar surface area (TPSA) is 70.2 Å². The van der Waals surface area contributed by atoms with E-state index in [2.05, 4.69) is 16.2 Å². The molecule has 0 unspecified atom stereocenters. The molecule has 5 nitrogen and oxygen atoms in total. The van der Waals surface area contributed by atoms with E-state index in [4.69, 9.17) is 23.2 Å². The third-order valence-electron chi connectivity index (χ3n) is 2.85. The molecular weight excluding hydrogens is 344 g/mol. The summed E-state index contributed by atoms with van der Waals surface area (Å²) in [6, 6.07) is 9.19. The first kappa shape index (κ1) is 17.1. The van der Waals surface area contributed by atoms with Crippen LogP contribution in [0.5, 0.6) is 0 Å². The second kappa shape index (κ2) is 7.80. The first-order valence-corrected chi connectivity index (χ1v) is 7.25. The van der Waals surface area contributed by atoms with Gasteiger partial charge < -0.3 is 5.32 Å². The molecule has 0 saturated heterocycles. The SMILES string of the molecule is O=C(NCc1ccc(Cl)cc1Cl)NNC(=O)c1ccc(F)cc1. The zero-order chi connectivity index (χ0) is 16.8. The standard InChI is InChI=1S/C15H12Cl2FN3O2/c16-11-4-1-10(13(17)7-11)8-19-15(23)21-20-14(22)9-2-5-12(18)6-3-9/h1-7H,8H2,(H,20,22)(H2,19,21,23). The van der Waals surface area contributed by atoms with Crippen LogP contribution in [0.2, 0.25) is 10.0 Å². The molecule has 0 spiro atoms. The lowest BCUT2D eigenvalue weighted by Crippen LogP contribution is -2.46. The Morgan fingerprint density at radius 2 is 1.70 bits per heavy atom. The maximum absolute atomic E-state index is 12.8. The number of carbonyl (C=O) groups is 2. The molecule has 0 aliphatic carbocycles. The van der Waals surface area contributed by atoms with Crippen molar-refractivity contribution in [2.45, 2.75) is 6.54 Å². The molecule has 0 atom stereocenters. The highest BCUT2D eigenvalue weighted by Crippen LogP contribution is 2.20. The Kier molecular flexibility index (Phi) is 5.78. The molecular formula is C15H12Cl2FN3O2. The number of halogens is 3. The minimum absolute atomic E-state index is 0.161. The Morgan fingerprint density at radius 3 is 2.35 bits per heavy atom. The van der Waals surface area contributed by atoms with Crippen LogP contribution in [0.4, 0.5) is 9.18 Å². The molecule has 2 aromatic rings. The van der Waals surface area contributed by atoms with E-state index >= 15 is 0 Å². The molecule has 2 aromatic carbocycles. The second-order valence-corrected chi connectivity index (χ2v) is 5.35. The third kappa shape index (κ3) is 5.12. The van der Waals surface area contributed by atoms with Gasteiger partial charge in [0.1, 0.15) is 5.82 Å². The molecule has 120 valence electrons. The van der Waals surface area contributed by atoms with Gasteiger partial charge in [-0.2, -0.15) is 0 Å². The molecule has 0 aliphatic heterocycles. The Morgan fingerprint density at radius 1 is 1.00 bits per heavy atom. The molecule has 0 radical (unpaired) electrons. The summed E-state index contributed by atoms with van der Waals surface area (Å²) < 4.78 is 12.8. The smallest absolute Gasteiger partial charge is 0.333 e. The van der Waals surface area contributed by atoms with Crippen molar-refractivity contribution in [3.63, 3.8) is 0 Å². The van der Waals surface area contributed by atoms with Gasteiger partial charge in [0.2, 0.25) is 0 Å². The van der Waals surface area contributed by atoms with Gasteiger partial charge in [0.05, 0.1) is 0 Å². The lowest BCUT2D eigenvalue weighted by Gasteiger charge is -2.10. The maximum atomic E-state index is 12.8. The van der Waals surface area contributed by atoms with E-state index < -0.39 is 17.8 Å². The summed E-state index contributed by atoms with van der Waals surface area (Å²) in [5, 5.41) is 3.44. The van der Waals surface area contributed by atoms with Gasteiger partial charge in [0.25, 0.3) is 5.91 Å². The summed E-state index contributed by atoms with van der Waals surface area (Å²) in [4.78, 5) is 23.3. The van der Waals surface area contributed by atoms with Crippen LogP contribution < -0.4 is 16.2 Å². The van der Waals surface area contributed by atoms with Crippen molar-refractivity contribution in [2.75, 3.05) is 0 Å². The summed E-state index contributed by atoms with van der Waals surface area (Å²) in [5.41, 5.74) is 5.28. The highest BCUT2D eigenvalue weighted by molar-refractivity contribution is 6.35. The summed E-state index contributed by atoms with van der Waals surface area (Å²) in [6.07, 6.45) is 0. The second-order valence-electron chi connectivity index (χ2n) is 4.50. The number of hydrogen-bond acceptors (Lipinski definition) is 2. The van der Waals surface area contributed by atoms with Gasteiger partial charge in [0, 0.05) is 22.2 Å². The van der Waals surface area contributed by atoms with Crippen LogP contribution in [-0.4, -0.2) is 11.9 Å². The average Bonchev–Trinajstić information content (AvgIpc) is 2.52. The molecule has 0 aliphatic rings. The molecule has 3 amide bonds. The maximum Gasteiger partial charge on any atom is 0.333 e. The van der Waals surface area contributed by atoms with E-state index in [9.17, 15) is 14.0 Å². The van der Waals surface area contributed by atoms with Crippen LogP contribution in [0, 0.1) is 5.82 Å². The molecule has 3 N–H and O–H groups in total. The van der Waals surface area contributed by atoms with Gasteiger partial charge in [-0.1, -0.05) is 29.3 Å². The quantitative estimate of drug-likeness (QED) is 0.739. The predicted molar refractivity (Wildman–Crippen MR) is 85.7 cm³/mol. The number of urea groups is 1. The van der Waals surface area contributed by atoms with E-state index in [1.165, 1.54) is 12.1 Å². The molecule has 23 heavy (non-hydrogen) atoms. The number of amides is 3. The van der Waals surface area contributed by atoms with Crippen molar-refractivity contribution in [3.8, 4) is 0 Å². The molecule has 0 bridgehead atoms. The molecule has 0 heterocycles. The molecule has 0 aromatic heterocycles. The number of hydrazine groups is 1. The normalized spacial score (nSPS) is 10.0. The van der Waals surface area contributed by atoms with Crippen molar-refractivity contribution >= 4 is 35.1 Å². The Hall–Kier alpha value is -2.31. The number of nitrogens with one attached hydrogen (secondary N) is 3. The monoisotopic (exact) mass is 355 g/mol. The Labute approximate surface area is 141 Å².